The van der Waals surface area contributed by atoms with Crippen LogP contribution in [0.1, 0.15) is 10.4 Å². The number of likely N-dealkylation sites (tertiary alicyclic amines) is 1. The summed E-state index contributed by atoms with van der Waals surface area (Å²) in [5.74, 6) is -1.13. The Morgan fingerprint density at radius 2 is 2.18 bits per heavy atom. The van der Waals surface area contributed by atoms with Crippen LogP contribution < -0.4 is 5.32 Å². The Morgan fingerprint density at radius 1 is 1.32 bits per heavy atom. The zero-order valence-corrected chi connectivity index (χ0v) is 16.6. The molecule has 4 unspecified atom stereocenters. The number of ether oxygens (including phenoxy) is 1. The summed E-state index contributed by atoms with van der Waals surface area (Å²) in [7, 11) is 0. The van der Waals surface area contributed by atoms with Crippen LogP contribution >= 0.6 is 22.9 Å². The molecule has 144 valence electrons. The smallest absolute Gasteiger partial charge is 0.230 e. The third-order valence-corrected chi connectivity index (χ3v) is 7.05. The minimum atomic E-state index is -0.675. The first kappa shape index (κ1) is 17.9. The highest BCUT2D eigenvalue weighted by Gasteiger charge is 2.66. The van der Waals surface area contributed by atoms with Gasteiger partial charge in [-0.3, -0.25) is 9.59 Å². The van der Waals surface area contributed by atoms with E-state index < -0.39 is 17.4 Å². The molecule has 2 bridgehead atoms. The lowest BCUT2D eigenvalue weighted by Gasteiger charge is -2.23. The maximum absolute atomic E-state index is 13.2. The second kappa shape index (κ2) is 6.72. The molecular formula is C21H19ClN2O3S. The molecule has 1 aromatic carbocycles. The maximum atomic E-state index is 13.2. The fourth-order valence-electron chi connectivity index (χ4n) is 4.54. The Balaban J connectivity index is 1.33. The van der Waals surface area contributed by atoms with E-state index >= 15 is 0 Å². The summed E-state index contributed by atoms with van der Waals surface area (Å²) in [6, 6.07) is 11.4. The molecule has 4 heterocycles. The molecule has 1 aromatic heterocycles. The van der Waals surface area contributed by atoms with Gasteiger partial charge < -0.3 is 15.0 Å². The monoisotopic (exact) mass is 414 g/mol. The molecule has 4 atom stereocenters. The topological polar surface area (TPSA) is 58.6 Å². The van der Waals surface area contributed by atoms with Crippen molar-refractivity contribution in [1.29, 1.82) is 0 Å². The van der Waals surface area contributed by atoms with Crippen LogP contribution in [-0.2, 0) is 27.4 Å². The summed E-state index contributed by atoms with van der Waals surface area (Å²) in [5, 5.41) is 5.57. The number of carbonyl (C=O) groups is 2. The van der Waals surface area contributed by atoms with Crippen molar-refractivity contribution in [2.24, 2.45) is 11.8 Å². The van der Waals surface area contributed by atoms with Crippen LogP contribution in [-0.4, -0.2) is 35.0 Å². The van der Waals surface area contributed by atoms with E-state index in [9.17, 15) is 9.59 Å². The molecule has 5 nitrogen and oxygen atoms in total. The molecule has 1 N–H and O–H groups in total. The Kier molecular flexibility index (Phi) is 4.30. The number of nitrogens with one attached hydrogen (secondary N) is 1. The minimum absolute atomic E-state index is 0.00172. The van der Waals surface area contributed by atoms with Gasteiger partial charge in [0.05, 0.1) is 31.0 Å². The van der Waals surface area contributed by atoms with Gasteiger partial charge in [-0.25, -0.2) is 0 Å². The number of fused-ring (bicyclic) bond motifs is 1. The van der Waals surface area contributed by atoms with Crippen LogP contribution in [0, 0.1) is 11.8 Å². The third kappa shape index (κ3) is 2.79. The molecule has 2 aromatic rings. The van der Waals surface area contributed by atoms with E-state index in [-0.39, 0.29) is 17.9 Å². The predicted molar refractivity (Wildman–Crippen MR) is 107 cm³/mol. The molecule has 0 aliphatic carbocycles. The summed E-state index contributed by atoms with van der Waals surface area (Å²) in [6.07, 6.45) is 3.56. The van der Waals surface area contributed by atoms with Crippen LogP contribution in [0.5, 0.6) is 0 Å². The molecule has 28 heavy (non-hydrogen) atoms. The van der Waals surface area contributed by atoms with E-state index in [2.05, 4.69) is 5.32 Å². The van der Waals surface area contributed by atoms with Crippen molar-refractivity contribution in [1.82, 2.24) is 10.2 Å². The van der Waals surface area contributed by atoms with Gasteiger partial charge in [0.25, 0.3) is 0 Å². The summed E-state index contributed by atoms with van der Waals surface area (Å²) < 4.78 is 6.16. The number of rotatable bonds is 5. The molecule has 0 saturated carbocycles. The van der Waals surface area contributed by atoms with Crippen molar-refractivity contribution in [2.45, 2.75) is 24.8 Å². The molecule has 0 radical (unpaired) electrons. The molecule has 2 saturated heterocycles. The Bertz CT molecular complexity index is 960. The Labute approximate surface area is 171 Å². The van der Waals surface area contributed by atoms with Crippen LogP contribution in [0.25, 0.3) is 0 Å². The van der Waals surface area contributed by atoms with Crippen molar-refractivity contribution in [2.75, 3.05) is 6.54 Å². The largest absolute Gasteiger partial charge is 0.360 e. The van der Waals surface area contributed by atoms with Gasteiger partial charge in [0.1, 0.15) is 5.60 Å². The second-order valence-corrected chi connectivity index (χ2v) is 8.92. The van der Waals surface area contributed by atoms with Crippen LogP contribution in [0.4, 0.5) is 0 Å². The number of hydrogen-bond donors (Lipinski definition) is 1. The highest BCUT2D eigenvalue weighted by Crippen LogP contribution is 2.52. The number of hydrogen-bond acceptors (Lipinski definition) is 4. The Morgan fingerprint density at radius 3 is 2.96 bits per heavy atom. The molecule has 7 heteroatoms. The fraction of sp³-hybridized carbons (Fsp3) is 0.333. The summed E-state index contributed by atoms with van der Waals surface area (Å²) in [6.45, 7) is 1.39. The lowest BCUT2D eigenvalue weighted by molar-refractivity contribution is -0.137. The van der Waals surface area contributed by atoms with Crippen molar-refractivity contribution < 1.29 is 14.3 Å². The van der Waals surface area contributed by atoms with Gasteiger partial charge in [0.15, 0.2) is 0 Å². The molecule has 2 fully saturated rings. The lowest BCUT2D eigenvalue weighted by atomic mass is 9.77. The molecule has 5 rings (SSSR count). The maximum Gasteiger partial charge on any atom is 0.230 e. The minimum Gasteiger partial charge on any atom is -0.360 e. The van der Waals surface area contributed by atoms with Gasteiger partial charge in [-0.1, -0.05) is 48.0 Å². The summed E-state index contributed by atoms with van der Waals surface area (Å²) in [5.41, 5.74) is 0.176. The van der Waals surface area contributed by atoms with Crippen molar-refractivity contribution in [3.05, 3.63) is 69.4 Å². The summed E-state index contributed by atoms with van der Waals surface area (Å²) >= 11 is 7.81. The predicted octanol–water partition coefficient (Wildman–Crippen LogP) is 3.00. The first-order chi connectivity index (χ1) is 13.6. The highest BCUT2D eigenvalue weighted by molar-refractivity contribution is 7.09. The standard InChI is InChI=1S/C21H19ClN2O3S/c22-15-6-2-1-4-13(15)10-23-19(25)17-16-7-8-21(27-16)12-24(20(26)18(17)21)11-14-5-3-9-28-14/h1-9,16-18H,10-12H2,(H,23,25). The van der Waals surface area contributed by atoms with Crippen LogP contribution in [0.2, 0.25) is 5.02 Å². The molecule has 3 aliphatic rings. The normalized spacial score (nSPS) is 30.1. The Hall–Kier alpha value is -2.15. The quantitative estimate of drug-likeness (QED) is 0.765. The molecule has 2 amide bonds. The van der Waals surface area contributed by atoms with E-state index in [0.29, 0.717) is 24.7 Å². The van der Waals surface area contributed by atoms with Gasteiger partial charge in [0.2, 0.25) is 11.8 Å². The van der Waals surface area contributed by atoms with E-state index in [0.717, 1.165) is 10.4 Å². The van der Waals surface area contributed by atoms with Gasteiger partial charge in [-0.05, 0) is 23.1 Å². The average molecular weight is 415 g/mol. The van der Waals surface area contributed by atoms with Gasteiger partial charge in [-0.15, -0.1) is 11.3 Å². The first-order valence-electron chi connectivity index (χ1n) is 9.27. The number of carbonyl (C=O) groups excluding carboxylic acids is 2. The summed E-state index contributed by atoms with van der Waals surface area (Å²) in [4.78, 5) is 29.1. The number of benzene rings is 1. The third-order valence-electron chi connectivity index (χ3n) is 5.82. The number of amides is 2. The number of halogens is 1. The highest BCUT2D eigenvalue weighted by atomic mass is 35.5. The van der Waals surface area contributed by atoms with Crippen molar-refractivity contribution in [3.63, 3.8) is 0 Å². The van der Waals surface area contributed by atoms with Gasteiger partial charge >= 0.3 is 0 Å². The zero-order valence-electron chi connectivity index (χ0n) is 15.0. The van der Waals surface area contributed by atoms with Crippen LogP contribution in [0.15, 0.2) is 53.9 Å². The van der Waals surface area contributed by atoms with Gasteiger partial charge in [-0.2, -0.15) is 0 Å². The van der Waals surface area contributed by atoms with E-state index in [1.807, 2.05) is 52.8 Å². The molecular weight excluding hydrogens is 396 g/mol. The lowest BCUT2D eigenvalue weighted by Crippen LogP contribution is -2.43. The van der Waals surface area contributed by atoms with E-state index in [1.165, 1.54) is 0 Å². The number of nitrogens with zero attached hydrogens (tertiary/aromatic N) is 1. The van der Waals surface area contributed by atoms with Gasteiger partial charge in [0, 0.05) is 16.4 Å². The van der Waals surface area contributed by atoms with E-state index in [4.69, 9.17) is 16.3 Å². The van der Waals surface area contributed by atoms with E-state index in [1.54, 1.807) is 17.4 Å². The van der Waals surface area contributed by atoms with Crippen molar-refractivity contribution in [3.8, 4) is 0 Å². The molecule has 3 aliphatic heterocycles. The fourth-order valence-corrected chi connectivity index (χ4v) is 5.47. The van der Waals surface area contributed by atoms with Crippen LogP contribution in [0.3, 0.4) is 0 Å². The first-order valence-corrected chi connectivity index (χ1v) is 10.5. The SMILES string of the molecule is O=C(NCc1ccccc1Cl)C1C2C=CC3(CN(Cc4cccs4)C(=O)C13)O2. The average Bonchev–Trinajstić information content (AvgIpc) is 3.44. The van der Waals surface area contributed by atoms with Crippen molar-refractivity contribution >= 4 is 34.8 Å². The zero-order chi connectivity index (χ0) is 19.3. The second-order valence-electron chi connectivity index (χ2n) is 7.48. The molecule has 1 spiro atoms. The number of thiophene rings is 1.